The molecule has 5 heteroatoms. The number of anilines is 2. The number of rotatable bonds is 3. The Balaban J connectivity index is 2.20. The number of benzene rings is 1. The van der Waals surface area contributed by atoms with E-state index in [0.717, 1.165) is 52.1 Å². The van der Waals surface area contributed by atoms with Crippen molar-refractivity contribution in [2.45, 2.75) is 26.7 Å². The summed E-state index contributed by atoms with van der Waals surface area (Å²) in [6.45, 7) is 4.12. The van der Waals surface area contributed by atoms with Crippen LogP contribution in [-0.2, 0) is 6.42 Å². The van der Waals surface area contributed by atoms with Crippen molar-refractivity contribution >= 4 is 22.7 Å². The van der Waals surface area contributed by atoms with E-state index in [9.17, 15) is 0 Å². The van der Waals surface area contributed by atoms with Crippen LogP contribution in [0.4, 0.5) is 11.6 Å². The lowest BCUT2D eigenvalue weighted by Gasteiger charge is -2.09. The SMILES string of the molecule is CCCc1nc(N)nc2ccc(-c3ccc(C)cc3N)nc12. The van der Waals surface area contributed by atoms with Crippen molar-refractivity contribution in [3.05, 3.63) is 41.6 Å². The third-order valence-corrected chi connectivity index (χ3v) is 3.60. The Morgan fingerprint density at radius 3 is 2.55 bits per heavy atom. The van der Waals surface area contributed by atoms with E-state index >= 15 is 0 Å². The van der Waals surface area contributed by atoms with Crippen molar-refractivity contribution < 1.29 is 0 Å². The van der Waals surface area contributed by atoms with Crippen molar-refractivity contribution in [3.63, 3.8) is 0 Å². The van der Waals surface area contributed by atoms with Gasteiger partial charge in [0.05, 0.1) is 16.9 Å². The molecule has 0 amide bonds. The van der Waals surface area contributed by atoms with Gasteiger partial charge in [-0.25, -0.2) is 15.0 Å². The minimum Gasteiger partial charge on any atom is -0.398 e. The van der Waals surface area contributed by atoms with Crippen molar-refractivity contribution in [3.8, 4) is 11.3 Å². The summed E-state index contributed by atoms with van der Waals surface area (Å²) in [6, 6.07) is 9.83. The molecule has 4 N–H and O–H groups in total. The number of aryl methyl sites for hydroxylation is 2. The average molecular weight is 293 g/mol. The van der Waals surface area contributed by atoms with Crippen molar-refractivity contribution in [1.29, 1.82) is 0 Å². The maximum absolute atomic E-state index is 6.13. The molecule has 1 aromatic carbocycles. The molecule has 112 valence electrons. The van der Waals surface area contributed by atoms with Gasteiger partial charge in [-0.05, 0) is 37.1 Å². The molecule has 0 aliphatic rings. The van der Waals surface area contributed by atoms with Gasteiger partial charge in [-0.15, -0.1) is 0 Å². The van der Waals surface area contributed by atoms with Crippen molar-refractivity contribution in [2.24, 2.45) is 0 Å². The van der Waals surface area contributed by atoms with E-state index in [0.29, 0.717) is 5.95 Å². The standard InChI is InChI=1S/C17H19N5/c1-3-4-14-16-15(22-17(19)21-14)8-7-13(20-16)11-6-5-10(2)9-12(11)18/h5-9H,3-4,18H2,1-2H3,(H2,19,21,22). The summed E-state index contributed by atoms with van der Waals surface area (Å²) < 4.78 is 0. The lowest BCUT2D eigenvalue weighted by molar-refractivity contribution is 0.885. The zero-order valence-electron chi connectivity index (χ0n) is 12.8. The molecule has 0 spiro atoms. The van der Waals surface area contributed by atoms with Gasteiger partial charge in [-0.3, -0.25) is 0 Å². The second-order valence-corrected chi connectivity index (χ2v) is 5.43. The highest BCUT2D eigenvalue weighted by atomic mass is 15.0. The second-order valence-electron chi connectivity index (χ2n) is 5.43. The van der Waals surface area contributed by atoms with Gasteiger partial charge in [0.1, 0.15) is 5.52 Å². The first-order valence-corrected chi connectivity index (χ1v) is 7.38. The van der Waals surface area contributed by atoms with E-state index in [1.165, 1.54) is 0 Å². The lowest BCUT2D eigenvalue weighted by atomic mass is 10.1. The fraction of sp³-hybridized carbons (Fsp3) is 0.235. The highest BCUT2D eigenvalue weighted by Crippen LogP contribution is 2.27. The Kier molecular flexibility index (Phi) is 3.63. The third kappa shape index (κ3) is 2.57. The Morgan fingerprint density at radius 2 is 1.82 bits per heavy atom. The monoisotopic (exact) mass is 293 g/mol. The largest absolute Gasteiger partial charge is 0.398 e. The number of fused-ring (bicyclic) bond motifs is 1. The number of nitrogens with zero attached hydrogens (tertiary/aromatic N) is 3. The van der Waals surface area contributed by atoms with E-state index in [1.54, 1.807) is 0 Å². The molecule has 0 fully saturated rings. The van der Waals surface area contributed by atoms with Gasteiger partial charge in [0.2, 0.25) is 5.95 Å². The first-order valence-electron chi connectivity index (χ1n) is 7.38. The van der Waals surface area contributed by atoms with E-state index in [1.807, 2.05) is 37.3 Å². The summed E-state index contributed by atoms with van der Waals surface area (Å²) in [6.07, 6.45) is 1.80. The van der Waals surface area contributed by atoms with Crippen LogP contribution in [0.15, 0.2) is 30.3 Å². The molecule has 0 radical (unpaired) electrons. The maximum atomic E-state index is 6.13. The summed E-state index contributed by atoms with van der Waals surface area (Å²) >= 11 is 0. The van der Waals surface area contributed by atoms with Crippen LogP contribution in [0.25, 0.3) is 22.3 Å². The predicted octanol–water partition coefficient (Wildman–Crippen LogP) is 3.12. The van der Waals surface area contributed by atoms with Crippen LogP contribution in [0.5, 0.6) is 0 Å². The Morgan fingerprint density at radius 1 is 1.00 bits per heavy atom. The van der Waals surface area contributed by atoms with Gasteiger partial charge < -0.3 is 11.5 Å². The van der Waals surface area contributed by atoms with Crippen LogP contribution < -0.4 is 11.5 Å². The molecule has 0 saturated heterocycles. The molecular formula is C17H19N5. The molecule has 0 aliphatic heterocycles. The first-order chi connectivity index (χ1) is 10.6. The number of nitrogen functional groups attached to an aromatic ring is 2. The van der Waals surface area contributed by atoms with Crippen LogP contribution in [0, 0.1) is 6.92 Å². The number of hydrogen-bond donors (Lipinski definition) is 2. The molecule has 0 bridgehead atoms. The van der Waals surface area contributed by atoms with Crippen LogP contribution in [0.2, 0.25) is 0 Å². The summed E-state index contributed by atoms with van der Waals surface area (Å²) in [5.74, 6) is 0.292. The Hall–Kier alpha value is -2.69. The molecule has 22 heavy (non-hydrogen) atoms. The lowest BCUT2D eigenvalue weighted by Crippen LogP contribution is -2.03. The topological polar surface area (TPSA) is 90.7 Å². The number of aromatic nitrogens is 3. The first kappa shape index (κ1) is 14.3. The summed E-state index contributed by atoms with van der Waals surface area (Å²) in [7, 11) is 0. The number of pyridine rings is 1. The van der Waals surface area contributed by atoms with E-state index < -0.39 is 0 Å². The fourth-order valence-corrected chi connectivity index (χ4v) is 2.57. The summed E-state index contributed by atoms with van der Waals surface area (Å²) in [5.41, 5.74) is 18.0. The Labute approximate surface area is 129 Å². The zero-order valence-corrected chi connectivity index (χ0v) is 12.8. The van der Waals surface area contributed by atoms with E-state index in [-0.39, 0.29) is 0 Å². The second kappa shape index (κ2) is 5.60. The average Bonchev–Trinajstić information content (AvgIpc) is 2.47. The molecule has 0 saturated carbocycles. The third-order valence-electron chi connectivity index (χ3n) is 3.60. The number of nitrogens with two attached hydrogens (primary N) is 2. The van der Waals surface area contributed by atoms with E-state index in [4.69, 9.17) is 16.5 Å². The molecule has 0 atom stereocenters. The van der Waals surface area contributed by atoms with Crippen LogP contribution in [0.1, 0.15) is 24.6 Å². The maximum Gasteiger partial charge on any atom is 0.220 e. The molecule has 3 aromatic rings. The number of hydrogen-bond acceptors (Lipinski definition) is 5. The zero-order chi connectivity index (χ0) is 15.7. The summed E-state index contributed by atoms with van der Waals surface area (Å²) in [5, 5.41) is 0. The van der Waals surface area contributed by atoms with E-state index in [2.05, 4.69) is 16.9 Å². The highest BCUT2D eigenvalue weighted by Gasteiger charge is 2.11. The highest BCUT2D eigenvalue weighted by molar-refractivity contribution is 5.83. The predicted molar refractivity (Wildman–Crippen MR) is 90.3 cm³/mol. The molecule has 0 unspecified atom stereocenters. The van der Waals surface area contributed by atoms with Gasteiger partial charge in [-0.2, -0.15) is 0 Å². The Bertz CT molecular complexity index is 842. The normalized spacial score (nSPS) is 11.0. The van der Waals surface area contributed by atoms with Gasteiger partial charge in [0, 0.05) is 11.3 Å². The van der Waals surface area contributed by atoms with Gasteiger partial charge in [-0.1, -0.05) is 25.5 Å². The smallest absolute Gasteiger partial charge is 0.220 e. The fourth-order valence-electron chi connectivity index (χ4n) is 2.57. The molecule has 2 heterocycles. The molecule has 0 aliphatic carbocycles. The van der Waals surface area contributed by atoms with Gasteiger partial charge in [0.15, 0.2) is 0 Å². The molecule has 2 aromatic heterocycles. The summed E-state index contributed by atoms with van der Waals surface area (Å²) in [4.78, 5) is 13.3. The van der Waals surface area contributed by atoms with Crippen LogP contribution in [-0.4, -0.2) is 15.0 Å². The van der Waals surface area contributed by atoms with Crippen LogP contribution in [0.3, 0.4) is 0 Å². The molecule has 5 nitrogen and oxygen atoms in total. The molecular weight excluding hydrogens is 274 g/mol. The van der Waals surface area contributed by atoms with Crippen molar-refractivity contribution in [2.75, 3.05) is 11.5 Å². The van der Waals surface area contributed by atoms with Crippen LogP contribution >= 0.6 is 0 Å². The minimum atomic E-state index is 0.292. The van der Waals surface area contributed by atoms with Gasteiger partial charge in [0.25, 0.3) is 0 Å². The minimum absolute atomic E-state index is 0.292. The van der Waals surface area contributed by atoms with Gasteiger partial charge >= 0.3 is 0 Å². The van der Waals surface area contributed by atoms with Crippen molar-refractivity contribution in [1.82, 2.24) is 15.0 Å². The quantitative estimate of drug-likeness (QED) is 0.724. The molecule has 3 rings (SSSR count).